The van der Waals surface area contributed by atoms with Crippen molar-refractivity contribution in [3.05, 3.63) is 82.9 Å². The molecule has 146 valence electrons. The van der Waals surface area contributed by atoms with Crippen LogP contribution in [-0.2, 0) is 10.0 Å². The maximum absolute atomic E-state index is 13.9. The van der Waals surface area contributed by atoms with Crippen molar-refractivity contribution in [2.75, 3.05) is 0 Å². The molecule has 0 aliphatic rings. The molecule has 3 aromatic carbocycles. The first-order valence-electron chi connectivity index (χ1n) is 8.57. The predicted octanol–water partition coefficient (Wildman–Crippen LogP) is 4.84. The zero-order valence-electron chi connectivity index (χ0n) is 14.9. The molecule has 0 saturated carbocycles. The van der Waals surface area contributed by atoms with E-state index in [0.29, 0.717) is 27.5 Å². The predicted molar refractivity (Wildman–Crippen MR) is 113 cm³/mol. The van der Waals surface area contributed by atoms with Gasteiger partial charge < -0.3 is 4.98 Å². The van der Waals surface area contributed by atoms with Crippen LogP contribution in [0.1, 0.15) is 11.4 Å². The van der Waals surface area contributed by atoms with Crippen LogP contribution in [0.15, 0.2) is 65.6 Å². The lowest BCUT2D eigenvalue weighted by atomic mass is 10.1. The van der Waals surface area contributed by atoms with E-state index in [1.165, 1.54) is 18.2 Å². The van der Waals surface area contributed by atoms with Crippen LogP contribution < -0.4 is 5.14 Å². The number of primary sulfonamides is 1. The second-order valence-corrected chi connectivity index (χ2v) is 8.30. The lowest BCUT2D eigenvalue weighted by Gasteiger charge is -2.07. The van der Waals surface area contributed by atoms with Crippen molar-refractivity contribution < 1.29 is 12.8 Å². The van der Waals surface area contributed by atoms with Gasteiger partial charge in [0, 0.05) is 11.1 Å². The Hall–Kier alpha value is -3.00. The number of sulfonamides is 1. The summed E-state index contributed by atoms with van der Waals surface area (Å²) in [5, 5.41) is 5.64. The van der Waals surface area contributed by atoms with Crippen LogP contribution in [0.4, 0.5) is 4.39 Å². The summed E-state index contributed by atoms with van der Waals surface area (Å²) in [6.45, 7) is 0. The van der Waals surface area contributed by atoms with Crippen molar-refractivity contribution in [3.8, 4) is 11.1 Å². The highest BCUT2D eigenvalue weighted by Crippen LogP contribution is 2.29. The molecule has 4 aromatic rings. The first kappa shape index (κ1) is 19.3. The van der Waals surface area contributed by atoms with Gasteiger partial charge in [0.05, 0.1) is 21.0 Å². The largest absolute Gasteiger partial charge is 0.338 e. The molecule has 3 N–H and O–H groups in total. The number of halogens is 2. The van der Waals surface area contributed by atoms with E-state index in [0.717, 1.165) is 5.52 Å². The Labute approximate surface area is 171 Å². The molecule has 0 atom stereocenters. The molecule has 8 heteroatoms. The highest BCUT2D eigenvalue weighted by atomic mass is 35.5. The van der Waals surface area contributed by atoms with E-state index in [4.69, 9.17) is 16.7 Å². The van der Waals surface area contributed by atoms with Crippen LogP contribution in [0.5, 0.6) is 0 Å². The normalized spacial score (nSPS) is 12.1. The maximum atomic E-state index is 13.9. The number of nitrogens with zero attached hydrogens (tertiary/aromatic N) is 1. The van der Waals surface area contributed by atoms with Gasteiger partial charge in [-0.25, -0.2) is 22.9 Å². The average Bonchev–Trinajstić information content (AvgIpc) is 3.09. The smallest absolute Gasteiger partial charge is 0.238 e. The Morgan fingerprint density at radius 3 is 2.59 bits per heavy atom. The standard InChI is InChI=1S/C21H15ClFN3O2S/c22-16-5-3-6-17(23)15(16)9-11-21-25-18-10-8-13(12-19(18)26-21)14-4-1-2-7-20(14)29(24,27)28/h1-12H,(H,25,26)(H2,24,27,28)/b11-9+. The van der Waals surface area contributed by atoms with Gasteiger partial charge in [-0.15, -0.1) is 0 Å². The third kappa shape index (κ3) is 3.93. The van der Waals surface area contributed by atoms with Gasteiger partial charge in [0.2, 0.25) is 10.0 Å². The summed E-state index contributed by atoms with van der Waals surface area (Å²) in [6.07, 6.45) is 3.18. The van der Waals surface area contributed by atoms with Crippen molar-refractivity contribution in [2.45, 2.75) is 4.90 Å². The van der Waals surface area contributed by atoms with Crippen molar-refractivity contribution in [3.63, 3.8) is 0 Å². The van der Waals surface area contributed by atoms with Crippen LogP contribution in [0.2, 0.25) is 5.02 Å². The molecule has 0 aliphatic carbocycles. The highest BCUT2D eigenvalue weighted by molar-refractivity contribution is 7.89. The number of rotatable bonds is 4. The topological polar surface area (TPSA) is 88.8 Å². The SMILES string of the molecule is NS(=O)(=O)c1ccccc1-c1ccc2[nH]c(/C=C/c3c(F)cccc3Cl)nc2c1. The van der Waals surface area contributed by atoms with Crippen molar-refractivity contribution in [1.29, 1.82) is 0 Å². The molecule has 0 fully saturated rings. The van der Waals surface area contributed by atoms with Crippen LogP contribution in [0.3, 0.4) is 0 Å². The first-order chi connectivity index (χ1) is 13.8. The van der Waals surface area contributed by atoms with E-state index in [2.05, 4.69) is 9.97 Å². The molecular weight excluding hydrogens is 413 g/mol. The Morgan fingerprint density at radius 2 is 1.83 bits per heavy atom. The fourth-order valence-electron chi connectivity index (χ4n) is 3.06. The van der Waals surface area contributed by atoms with Gasteiger partial charge in [-0.1, -0.05) is 41.9 Å². The lowest BCUT2D eigenvalue weighted by Crippen LogP contribution is -2.13. The van der Waals surface area contributed by atoms with Crippen molar-refractivity contribution >= 4 is 44.8 Å². The van der Waals surface area contributed by atoms with E-state index >= 15 is 0 Å². The maximum Gasteiger partial charge on any atom is 0.238 e. The molecule has 0 spiro atoms. The van der Waals surface area contributed by atoms with Gasteiger partial charge in [-0.05, 0) is 48.0 Å². The number of aromatic nitrogens is 2. The average molecular weight is 428 g/mol. The molecule has 1 heterocycles. The Kier molecular flexibility index (Phi) is 4.96. The molecule has 4 rings (SSSR count). The van der Waals surface area contributed by atoms with Crippen LogP contribution in [0, 0.1) is 5.82 Å². The van der Waals surface area contributed by atoms with Gasteiger partial charge in [0.1, 0.15) is 11.6 Å². The van der Waals surface area contributed by atoms with E-state index < -0.39 is 15.8 Å². The molecule has 5 nitrogen and oxygen atoms in total. The summed E-state index contributed by atoms with van der Waals surface area (Å²) in [6, 6.07) is 16.3. The fourth-order valence-corrected chi connectivity index (χ4v) is 4.04. The Bertz CT molecular complexity index is 1340. The highest BCUT2D eigenvalue weighted by Gasteiger charge is 2.15. The fraction of sp³-hybridized carbons (Fsp3) is 0. The van der Waals surface area contributed by atoms with E-state index in [1.54, 1.807) is 54.6 Å². The Balaban J connectivity index is 1.74. The quantitative estimate of drug-likeness (QED) is 0.488. The monoisotopic (exact) mass is 427 g/mol. The molecule has 0 amide bonds. The third-order valence-electron chi connectivity index (χ3n) is 4.41. The summed E-state index contributed by atoms with van der Waals surface area (Å²) in [7, 11) is -3.86. The molecular formula is C21H15ClFN3O2S. The summed E-state index contributed by atoms with van der Waals surface area (Å²) in [5.41, 5.74) is 2.82. The second kappa shape index (κ2) is 7.44. The minimum Gasteiger partial charge on any atom is -0.338 e. The second-order valence-electron chi connectivity index (χ2n) is 6.36. The number of nitrogens with two attached hydrogens (primary N) is 1. The Morgan fingerprint density at radius 1 is 1.03 bits per heavy atom. The van der Waals surface area contributed by atoms with E-state index in [9.17, 15) is 12.8 Å². The van der Waals surface area contributed by atoms with Gasteiger partial charge in [0.25, 0.3) is 0 Å². The zero-order chi connectivity index (χ0) is 20.6. The van der Waals surface area contributed by atoms with Gasteiger partial charge in [0.15, 0.2) is 0 Å². The summed E-state index contributed by atoms with van der Waals surface area (Å²) < 4.78 is 37.7. The lowest BCUT2D eigenvalue weighted by molar-refractivity contribution is 0.598. The van der Waals surface area contributed by atoms with Crippen molar-refractivity contribution in [1.82, 2.24) is 9.97 Å². The number of nitrogens with one attached hydrogen (secondary N) is 1. The van der Waals surface area contributed by atoms with Gasteiger partial charge in [-0.2, -0.15) is 0 Å². The minimum absolute atomic E-state index is 0.0456. The van der Waals surface area contributed by atoms with Gasteiger partial charge in [-0.3, -0.25) is 0 Å². The molecule has 0 saturated heterocycles. The van der Waals surface area contributed by atoms with Gasteiger partial charge >= 0.3 is 0 Å². The van der Waals surface area contributed by atoms with E-state index in [1.807, 2.05) is 0 Å². The number of benzene rings is 3. The summed E-state index contributed by atoms with van der Waals surface area (Å²) >= 11 is 6.03. The zero-order valence-corrected chi connectivity index (χ0v) is 16.5. The number of H-pyrrole nitrogens is 1. The first-order valence-corrected chi connectivity index (χ1v) is 10.5. The molecule has 29 heavy (non-hydrogen) atoms. The number of hydrogen-bond acceptors (Lipinski definition) is 3. The van der Waals surface area contributed by atoms with Crippen LogP contribution in [0.25, 0.3) is 34.3 Å². The molecule has 0 unspecified atom stereocenters. The number of fused-ring (bicyclic) bond motifs is 1. The summed E-state index contributed by atoms with van der Waals surface area (Å²) in [4.78, 5) is 7.64. The van der Waals surface area contributed by atoms with Crippen LogP contribution >= 0.6 is 11.6 Å². The van der Waals surface area contributed by atoms with Crippen molar-refractivity contribution in [2.24, 2.45) is 5.14 Å². The minimum atomic E-state index is -3.86. The number of imidazole rings is 1. The number of hydrogen-bond donors (Lipinski definition) is 2. The summed E-state index contributed by atoms with van der Waals surface area (Å²) in [5.74, 6) is 0.0861. The van der Waals surface area contributed by atoms with Crippen LogP contribution in [-0.4, -0.2) is 18.4 Å². The molecule has 1 aromatic heterocycles. The molecule has 0 aliphatic heterocycles. The number of aromatic amines is 1. The van der Waals surface area contributed by atoms with E-state index in [-0.39, 0.29) is 10.5 Å². The molecule has 0 bridgehead atoms. The molecule has 0 radical (unpaired) electrons. The third-order valence-corrected chi connectivity index (χ3v) is 5.71.